The highest BCUT2D eigenvalue weighted by molar-refractivity contribution is 7.98. The summed E-state index contributed by atoms with van der Waals surface area (Å²) in [6, 6.07) is 0. The van der Waals surface area contributed by atoms with Crippen LogP contribution in [0, 0.1) is 11.8 Å². The van der Waals surface area contributed by atoms with Gasteiger partial charge in [-0.3, -0.25) is 0 Å². The fourth-order valence-corrected chi connectivity index (χ4v) is 2.44. The van der Waals surface area contributed by atoms with Crippen molar-refractivity contribution in [1.82, 2.24) is 5.32 Å². The Labute approximate surface area is 72.8 Å². The maximum atomic E-state index is 9.08. The van der Waals surface area contributed by atoms with E-state index in [1.54, 1.807) is 0 Å². The molecule has 1 rings (SSSR count). The number of aliphatic hydroxyl groups excluding tert-OH is 1. The van der Waals surface area contributed by atoms with Crippen LogP contribution in [0.3, 0.4) is 0 Å². The van der Waals surface area contributed by atoms with Crippen molar-refractivity contribution >= 4 is 11.8 Å². The molecular weight excluding hydrogens is 158 g/mol. The molecule has 11 heavy (non-hydrogen) atoms. The van der Waals surface area contributed by atoms with E-state index >= 15 is 0 Å². The van der Waals surface area contributed by atoms with Crippen LogP contribution in [0.15, 0.2) is 0 Å². The molecule has 0 spiro atoms. The summed E-state index contributed by atoms with van der Waals surface area (Å²) < 4.78 is 0. The minimum absolute atomic E-state index is 0.354. The third-order valence-electron chi connectivity index (χ3n) is 2.38. The smallest absolute Gasteiger partial charge is 0.0470 e. The highest BCUT2D eigenvalue weighted by Crippen LogP contribution is 2.21. The van der Waals surface area contributed by atoms with Crippen LogP contribution in [0.1, 0.15) is 6.42 Å². The van der Waals surface area contributed by atoms with Crippen LogP contribution < -0.4 is 5.32 Å². The number of rotatable bonds is 4. The van der Waals surface area contributed by atoms with Gasteiger partial charge in [-0.2, -0.15) is 11.8 Å². The summed E-state index contributed by atoms with van der Waals surface area (Å²) in [5, 5.41) is 12.4. The van der Waals surface area contributed by atoms with E-state index in [0.717, 1.165) is 18.8 Å². The topological polar surface area (TPSA) is 32.3 Å². The molecule has 2 atom stereocenters. The zero-order chi connectivity index (χ0) is 8.10. The molecule has 0 aliphatic carbocycles. The number of hydrogen-bond acceptors (Lipinski definition) is 3. The van der Waals surface area contributed by atoms with Gasteiger partial charge in [0.25, 0.3) is 0 Å². The van der Waals surface area contributed by atoms with Gasteiger partial charge < -0.3 is 10.4 Å². The van der Waals surface area contributed by atoms with E-state index in [4.69, 9.17) is 5.11 Å². The van der Waals surface area contributed by atoms with Gasteiger partial charge in [0.2, 0.25) is 0 Å². The minimum Gasteiger partial charge on any atom is -0.396 e. The lowest BCUT2D eigenvalue weighted by molar-refractivity contribution is 0.199. The van der Waals surface area contributed by atoms with E-state index in [-0.39, 0.29) is 0 Å². The van der Waals surface area contributed by atoms with Gasteiger partial charge in [0.05, 0.1) is 0 Å². The molecule has 3 heteroatoms. The van der Waals surface area contributed by atoms with Gasteiger partial charge in [-0.1, -0.05) is 0 Å². The van der Waals surface area contributed by atoms with Crippen LogP contribution in [0.2, 0.25) is 0 Å². The summed E-state index contributed by atoms with van der Waals surface area (Å²) in [5.41, 5.74) is 0. The standard InChI is InChI=1S/C8H17NOS/c1-11-6-8(5-10)7-2-3-9-4-7/h7-10H,2-6H2,1H3. The van der Waals surface area contributed by atoms with Gasteiger partial charge in [-0.05, 0) is 43.4 Å². The van der Waals surface area contributed by atoms with Crippen LogP contribution in [-0.2, 0) is 0 Å². The molecular formula is C8H17NOS. The molecule has 2 nitrogen and oxygen atoms in total. The Balaban J connectivity index is 2.27. The largest absolute Gasteiger partial charge is 0.396 e. The molecule has 1 saturated heterocycles. The first-order chi connectivity index (χ1) is 5.38. The highest BCUT2D eigenvalue weighted by Gasteiger charge is 2.23. The Bertz CT molecular complexity index is 104. The first kappa shape index (κ1) is 9.36. The number of thioether (sulfide) groups is 1. The Morgan fingerprint density at radius 1 is 1.73 bits per heavy atom. The first-order valence-electron chi connectivity index (χ1n) is 4.19. The van der Waals surface area contributed by atoms with E-state index in [9.17, 15) is 0 Å². The Morgan fingerprint density at radius 2 is 2.55 bits per heavy atom. The summed E-state index contributed by atoms with van der Waals surface area (Å²) in [6.45, 7) is 2.59. The third kappa shape index (κ3) is 2.65. The predicted molar refractivity (Wildman–Crippen MR) is 49.9 cm³/mol. The summed E-state index contributed by atoms with van der Waals surface area (Å²) in [7, 11) is 0. The quantitative estimate of drug-likeness (QED) is 0.655. The molecule has 0 aromatic rings. The Kier molecular flexibility index (Phi) is 4.26. The molecule has 66 valence electrons. The van der Waals surface area contributed by atoms with Crippen LogP contribution in [0.25, 0.3) is 0 Å². The van der Waals surface area contributed by atoms with Gasteiger partial charge in [0, 0.05) is 6.61 Å². The second-order valence-electron chi connectivity index (χ2n) is 3.15. The molecule has 1 aliphatic heterocycles. The van der Waals surface area contributed by atoms with Crippen molar-refractivity contribution in [3.05, 3.63) is 0 Å². The second kappa shape index (κ2) is 5.01. The maximum Gasteiger partial charge on any atom is 0.0470 e. The minimum atomic E-state index is 0.354. The van der Waals surface area contributed by atoms with Crippen LogP contribution in [0.4, 0.5) is 0 Å². The molecule has 2 N–H and O–H groups in total. The van der Waals surface area contributed by atoms with Crippen molar-refractivity contribution in [2.24, 2.45) is 11.8 Å². The van der Waals surface area contributed by atoms with Gasteiger partial charge in [0.1, 0.15) is 0 Å². The average molecular weight is 175 g/mol. The van der Waals surface area contributed by atoms with Gasteiger partial charge in [-0.15, -0.1) is 0 Å². The van der Waals surface area contributed by atoms with E-state index < -0.39 is 0 Å². The maximum absolute atomic E-state index is 9.08. The van der Waals surface area contributed by atoms with E-state index in [1.165, 1.54) is 6.42 Å². The molecule has 1 aliphatic rings. The predicted octanol–water partition coefficient (Wildman–Crippen LogP) is 0.567. The lowest BCUT2D eigenvalue weighted by atomic mass is 9.94. The van der Waals surface area contributed by atoms with Crippen LogP contribution in [0.5, 0.6) is 0 Å². The fraction of sp³-hybridized carbons (Fsp3) is 1.00. The molecule has 0 bridgehead atoms. The number of aliphatic hydroxyl groups is 1. The van der Waals surface area contributed by atoms with Crippen molar-refractivity contribution < 1.29 is 5.11 Å². The lowest BCUT2D eigenvalue weighted by Gasteiger charge is -2.18. The SMILES string of the molecule is CSCC(CO)C1CCNC1. The zero-order valence-electron chi connectivity index (χ0n) is 7.05. The van der Waals surface area contributed by atoms with Crippen LogP contribution in [-0.4, -0.2) is 36.8 Å². The molecule has 2 unspecified atom stereocenters. The molecule has 0 amide bonds. The molecule has 0 radical (unpaired) electrons. The Morgan fingerprint density at radius 3 is 3.00 bits per heavy atom. The molecule has 1 fully saturated rings. The molecule has 1 heterocycles. The number of nitrogens with one attached hydrogen (secondary N) is 1. The highest BCUT2D eigenvalue weighted by atomic mass is 32.2. The van der Waals surface area contributed by atoms with Crippen molar-refractivity contribution in [3.8, 4) is 0 Å². The summed E-state index contributed by atoms with van der Waals surface area (Å²) in [4.78, 5) is 0. The van der Waals surface area contributed by atoms with Gasteiger partial charge in [-0.25, -0.2) is 0 Å². The molecule has 0 saturated carbocycles. The summed E-state index contributed by atoms with van der Waals surface area (Å²) in [6.07, 6.45) is 3.34. The monoisotopic (exact) mass is 175 g/mol. The van der Waals surface area contributed by atoms with Crippen molar-refractivity contribution in [1.29, 1.82) is 0 Å². The van der Waals surface area contributed by atoms with E-state index in [1.807, 2.05) is 11.8 Å². The van der Waals surface area contributed by atoms with Crippen LogP contribution >= 0.6 is 11.8 Å². The summed E-state index contributed by atoms with van der Waals surface area (Å²) >= 11 is 1.83. The third-order valence-corrected chi connectivity index (χ3v) is 3.14. The van der Waals surface area contributed by atoms with Crippen molar-refractivity contribution in [2.75, 3.05) is 31.7 Å². The van der Waals surface area contributed by atoms with Gasteiger partial charge in [0.15, 0.2) is 0 Å². The lowest BCUT2D eigenvalue weighted by Crippen LogP contribution is -2.23. The average Bonchev–Trinajstić information content (AvgIpc) is 2.52. The number of hydrogen-bond donors (Lipinski definition) is 2. The fourth-order valence-electron chi connectivity index (χ4n) is 1.63. The van der Waals surface area contributed by atoms with Gasteiger partial charge >= 0.3 is 0 Å². The molecule has 0 aromatic heterocycles. The molecule has 0 aromatic carbocycles. The normalized spacial score (nSPS) is 27.3. The van der Waals surface area contributed by atoms with Crippen molar-refractivity contribution in [3.63, 3.8) is 0 Å². The first-order valence-corrected chi connectivity index (χ1v) is 5.58. The van der Waals surface area contributed by atoms with Crippen molar-refractivity contribution in [2.45, 2.75) is 6.42 Å². The Hall–Kier alpha value is 0.270. The van der Waals surface area contributed by atoms with E-state index in [2.05, 4.69) is 11.6 Å². The summed E-state index contributed by atoms with van der Waals surface area (Å²) in [5.74, 6) is 2.33. The second-order valence-corrected chi connectivity index (χ2v) is 4.06. The zero-order valence-corrected chi connectivity index (χ0v) is 7.86. The van der Waals surface area contributed by atoms with E-state index in [0.29, 0.717) is 18.4 Å².